The zero-order valence-electron chi connectivity index (χ0n) is 21.1. The third-order valence-corrected chi connectivity index (χ3v) is 8.34. The molecule has 1 aliphatic rings. The van der Waals surface area contributed by atoms with Gasteiger partial charge in [0.05, 0.1) is 22.8 Å². The molecule has 4 rings (SSSR count). The predicted molar refractivity (Wildman–Crippen MR) is 135 cm³/mol. The van der Waals surface area contributed by atoms with Crippen molar-refractivity contribution in [2.75, 3.05) is 18.4 Å². The van der Waals surface area contributed by atoms with Crippen molar-refractivity contribution in [3.8, 4) is 0 Å². The van der Waals surface area contributed by atoms with Crippen LogP contribution in [-0.2, 0) is 33.0 Å². The molecular weight excluding hydrogens is 466 g/mol. The van der Waals surface area contributed by atoms with Crippen LogP contribution in [0.15, 0.2) is 29.2 Å². The second-order valence-corrected chi connectivity index (χ2v) is 11.3. The van der Waals surface area contributed by atoms with Crippen molar-refractivity contribution < 1.29 is 17.9 Å². The molecule has 35 heavy (non-hydrogen) atoms. The molecule has 10 heteroatoms. The minimum absolute atomic E-state index is 0.141. The number of benzene rings is 1. The van der Waals surface area contributed by atoms with Gasteiger partial charge in [0.25, 0.3) is 0 Å². The summed E-state index contributed by atoms with van der Waals surface area (Å²) in [6.45, 7) is 10.3. The Balaban J connectivity index is 1.42. The molecule has 1 amide bonds. The normalized spacial score (nSPS) is 19.3. The van der Waals surface area contributed by atoms with Gasteiger partial charge in [0.1, 0.15) is 0 Å². The molecule has 188 valence electrons. The Hall–Kier alpha value is -2.82. The van der Waals surface area contributed by atoms with Crippen LogP contribution in [0.4, 0.5) is 5.69 Å². The van der Waals surface area contributed by atoms with Crippen molar-refractivity contribution in [3.63, 3.8) is 0 Å². The Labute approximate surface area is 206 Å². The Morgan fingerprint density at radius 2 is 1.71 bits per heavy atom. The number of ether oxygens (including phenoxy) is 1. The van der Waals surface area contributed by atoms with Crippen LogP contribution in [0, 0.1) is 20.8 Å². The van der Waals surface area contributed by atoms with Crippen LogP contribution < -0.4 is 5.32 Å². The first-order chi connectivity index (χ1) is 16.5. The Kier molecular flexibility index (Phi) is 6.99. The van der Waals surface area contributed by atoms with Crippen LogP contribution >= 0.6 is 0 Å². The predicted octanol–water partition coefficient (Wildman–Crippen LogP) is 3.26. The van der Waals surface area contributed by atoms with E-state index < -0.39 is 10.0 Å². The fourth-order valence-electron chi connectivity index (χ4n) is 4.88. The van der Waals surface area contributed by atoms with E-state index in [1.54, 1.807) is 16.8 Å². The number of carbonyl (C=O) groups excluding carboxylic acids is 1. The fraction of sp³-hybridized carbons (Fsp3) is 0.480. The van der Waals surface area contributed by atoms with Crippen LogP contribution in [0.2, 0.25) is 0 Å². The first kappa shape index (κ1) is 25.3. The molecular formula is C25H33N5O4S. The summed E-state index contributed by atoms with van der Waals surface area (Å²) < 4.78 is 34.9. The molecule has 0 radical (unpaired) electrons. The lowest BCUT2D eigenvalue weighted by molar-refractivity contribution is -0.116. The van der Waals surface area contributed by atoms with Crippen molar-refractivity contribution in [3.05, 3.63) is 46.8 Å². The number of anilines is 1. The summed E-state index contributed by atoms with van der Waals surface area (Å²) in [4.78, 5) is 17.6. The zero-order chi connectivity index (χ0) is 25.5. The number of nitrogens with one attached hydrogen (secondary N) is 1. The summed E-state index contributed by atoms with van der Waals surface area (Å²) in [5.41, 5.74) is 5.39. The third kappa shape index (κ3) is 5.10. The lowest BCUT2D eigenvalue weighted by Gasteiger charge is -2.34. The standard InChI is InChI=1S/C25H33N5O4S/c1-15-13-30(14-16(2)34-15)35(32,33)21-9-7-20(8-10-21)27-23(31)12-11-22-17(3)24-19(5)28-29(6)25(24)26-18(22)4/h7-10,15-16H,11-14H2,1-6H3,(H,27,31)/t15-,16+. The summed E-state index contributed by atoms with van der Waals surface area (Å²) in [6, 6.07) is 6.32. The van der Waals surface area contributed by atoms with E-state index in [4.69, 9.17) is 9.72 Å². The first-order valence-electron chi connectivity index (χ1n) is 11.8. The smallest absolute Gasteiger partial charge is 0.243 e. The highest BCUT2D eigenvalue weighted by Gasteiger charge is 2.32. The summed E-state index contributed by atoms with van der Waals surface area (Å²) in [7, 11) is -1.74. The summed E-state index contributed by atoms with van der Waals surface area (Å²) >= 11 is 0. The van der Waals surface area contributed by atoms with Crippen molar-refractivity contribution in [2.45, 2.75) is 64.6 Å². The van der Waals surface area contributed by atoms with Crippen LogP contribution in [0.1, 0.15) is 42.8 Å². The van der Waals surface area contributed by atoms with Gasteiger partial charge in [-0.1, -0.05) is 0 Å². The van der Waals surface area contributed by atoms with E-state index in [1.807, 2.05) is 41.7 Å². The number of rotatable bonds is 6. The number of sulfonamides is 1. The Bertz CT molecular complexity index is 1350. The zero-order valence-corrected chi connectivity index (χ0v) is 21.9. The highest BCUT2D eigenvalue weighted by atomic mass is 32.2. The molecule has 0 saturated carbocycles. The SMILES string of the molecule is Cc1nc2c(c(C)nn2C)c(C)c1CCC(=O)Nc1ccc(S(=O)(=O)N2C[C@@H](C)O[C@@H](C)C2)cc1. The molecule has 3 heterocycles. The molecule has 2 atom stereocenters. The number of carbonyl (C=O) groups is 1. The van der Waals surface area contributed by atoms with Gasteiger partial charge in [-0.05, 0) is 76.4 Å². The van der Waals surface area contributed by atoms with Crippen molar-refractivity contribution in [2.24, 2.45) is 7.05 Å². The van der Waals surface area contributed by atoms with E-state index in [0.717, 1.165) is 33.5 Å². The molecule has 1 saturated heterocycles. The topological polar surface area (TPSA) is 106 Å². The summed E-state index contributed by atoms with van der Waals surface area (Å²) in [5, 5.41) is 8.38. The average Bonchev–Trinajstić information content (AvgIpc) is 3.06. The number of hydrogen-bond acceptors (Lipinski definition) is 6. The highest BCUT2D eigenvalue weighted by Crippen LogP contribution is 2.26. The maximum atomic E-state index is 13.0. The highest BCUT2D eigenvalue weighted by molar-refractivity contribution is 7.89. The Morgan fingerprint density at radius 1 is 1.09 bits per heavy atom. The molecule has 1 aliphatic heterocycles. The number of aryl methyl sites for hydroxylation is 4. The van der Waals surface area contributed by atoms with E-state index in [9.17, 15) is 13.2 Å². The molecule has 3 aromatic rings. The second kappa shape index (κ2) is 9.67. The lowest BCUT2D eigenvalue weighted by Crippen LogP contribution is -2.48. The molecule has 0 bridgehead atoms. The maximum absolute atomic E-state index is 13.0. The van der Waals surface area contributed by atoms with Crippen LogP contribution in [0.3, 0.4) is 0 Å². The van der Waals surface area contributed by atoms with Gasteiger partial charge in [0.15, 0.2) is 5.65 Å². The van der Waals surface area contributed by atoms with Crippen LogP contribution in [0.25, 0.3) is 11.0 Å². The molecule has 9 nitrogen and oxygen atoms in total. The van der Waals surface area contributed by atoms with Crippen LogP contribution in [-0.4, -0.2) is 58.7 Å². The van der Waals surface area contributed by atoms with E-state index in [1.165, 1.54) is 16.4 Å². The molecule has 0 aliphatic carbocycles. The minimum atomic E-state index is -3.62. The van der Waals surface area contributed by atoms with E-state index >= 15 is 0 Å². The van der Waals surface area contributed by atoms with Gasteiger partial charge in [-0.25, -0.2) is 13.4 Å². The molecule has 1 fully saturated rings. The lowest BCUT2D eigenvalue weighted by atomic mass is 9.99. The molecule has 1 aromatic carbocycles. The van der Waals surface area contributed by atoms with Crippen molar-refractivity contribution in [1.82, 2.24) is 19.1 Å². The molecule has 0 spiro atoms. The molecule has 0 unspecified atom stereocenters. The number of aromatic nitrogens is 3. The number of nitrogens with zero attached hydrogens (tertiary/aromatic N) is 4. The summed E-state index contributed by atoms with van der Waals surface area (Å²) in [6.07, 6.45) is 0.535. The van der Waals surface area contributed by atoms with Gasteiger partial charge in [0.2, 0.25) is 15.9 Å². The van der Waals surface area contributed by atoms with Crippen molar-refractivity contribution in [1.29, 1.82) is 0 Å². The Morgan fingerprint density at radius 3 is 2.34 bits per heavy atom. The van der Waals surface area contributed by atoms with Gasteiger partial charge in [0, 0.05) is 43.3 Å². The summed E-state index contributed by atoms with van der Waals surface area (Å²) in [5.74, 6) is -0.141. The number of pyridine rings is 1. The van der Waals surface area contributed by atoms with E-state index in [-0.39, 0.29) is 29.4 Å². The largest absolute Gasteiger partial charge is 0.373 e. The maximum Gasteiger partial charge on any atom is 0.243 e. The fourth-order valence-corrected chi connectivity index (χ4v) is 6.47. The quantitative estimate of drug-likeness (QED) is 0.558. The molecule has 2 aromatic heterocycles. The van der Waals surface area contributed by atoms with Gasteiger partial charge in [-0.2, -0.15) is 9.40 Å². The number of amides is 1. The average molecular weight is 500 g/mol. The van der Waals surface area contributed by atoms with E-state index in [2.05, 4.69) is 10.4 Å². The van der Waals surface area contributed by atoms with Gasteiger partial charge >= 0.3 is 0 Å². The number of hydrogen-bond donors (Lipinski definition) is 1. The first-order valence-corrected chi connectivity index (χ1v) is 13.3. The monoisotopic (exact) mass is 499 g/mol. The van der Waals surface area contributed by atoms with Crippen LogP contribution in [0.5, 0.6) is 0 Å². The van der Waals surface area contributed by atoms with Crippen molar-refractivity contribution >= 4 is 32.7 Å². The minimum Gasteiger partial charge on any atom is -0.373 e. The molecule has 1 N–H and O–H groups in total. The van der Waals surface area contributed by atoms with E-state index in [0.29, 0.717) is 25.2 Å². The van der Waals surface area contributed by atoms with Gasteiger partial charge in [-0.15, -0.1) is 0 Å². The number of morpholine rings is 1. The second-order valence-electron chi connectivity index (χ2n) is 9.36. The number of fused-ring (bicyclic) bond motifs is 1. The van der Waals surface area contributed by atoms with Gasteiger partial charge < -0.3 is 10.1 Å². The third-order valence-electron chi connectivity index (χ3n) is 6.49. The van der Waals surface area contributed by atoms with Gasteiger partial charge in [-0.3, -0.25) is 9.48 Å².